The Balaban J connectivity index is 1.99. The Hall–Kier alpha value is -2.36. The molecule has 0 fully saturated rings. The van der Waals surface area contributed by atoms with E-state index in [4.69, 9.17) is 9.73 Å². The molecular formula is C19H22N2O2. The average molecular weight is 310 g/mol. The summed E-state index contributed by atoms with van der Waals surface area (Å²) in [7, 11) is 3.47. The number of carbonyl (C=O) groups is 1. The number of rotatable bonds is 4. The molecule has 3 rings (SSSR count). The summed E-state index contributed by atoms with van der Waals surface area (Å²) < 4.78 is 6.98. The fraction of sp³-hybridized carbons (Fsp3) is 0.368. The first-order valence-electron chi connectivity index (χ1n) is 7.91. The first-order valence-corrected chi connectivity index (χ1v) is 7.91. The van der Waals surface area contributed by atoms with Crippen LogP contribution in [0.4, 0.5) is 0 Å². The fourth-order valence-electron chi connectivity index (χ4n) is 3.50. The number of hydrogen-bond acceptors (Lipinski definition) is 3. The zero-order valence-corrected chi connectivity index (χ0v) is 13.9. The van der Waals surface area contributed by atoms with Crippen molar-refractivity contribution in [2.45, 2.75) is 19.8 Å². The molecule has 23 heavy (non-hydrogen) atoms. The van der Waals surface area contributed by atoms with E-state index < -0.39 is 0 Å². The summed E-state index contributed by atoms with van der Waals surface area (Å²) >= 11 is 0. The van der Waals surface area contributed by atoms with Crippen LogP contribution in [-0.4, -0.2) is 29.9 Å². The molecule has 2 aromatic rings. The van der Waals surface area contributed by atoms with Gasteiger partial charge in [0.25, 0.3) is 0 Å². The number of ether oxygens (including phenoxy) is 1. The van der Waals surface area contributed by atoms with Crippen molar-refractivity contribution in [2.75, 3.05) is 13.7 Å². The lowest BCUT2D eigenvalue weighted by Gasteiger charge is -2.21. The second-order valence-electron chi connectivity index (χ2n) is 6.12. The van der Waals surface area contributed by atoms with Gasteiger partial charge in [0, 0.05) is 36.0 Å². The Morgan fingerprint density at radius 1 is 1.43 bits per heavy atom. The number of esters is 1. The summed E-state index contributed by atoms with van der Waals surface area (Å²) in [4.78, 5) is 16.4. The Morgan fingerprint density at radius 3 is 2.91 bits per heavy atom. The predicted octanol–water partition coefficient (Wildman–Crippen LogP) is 3.28. The third kappa shape index (κ3) is 2.58. The van der Waals surface area contributed by atoms with E-state index in [1.807, 2.05) is 0 Å². The summed E-state index contributed by atoms with van der Waals surface area (Å²) in [6.45, 7) is 6.74. The summed E-state index contributed by atoms with van der Waals surface area (Å²) in [5.41, 5.74) is 5.35. The summed E-state index contributed by atoms with van der Waals surface area (Å²) in [6, 6.07) is 8.46. The van der Waals surface area contributed by atoms with Crippen molar-refractivity contribution in [3.63, 3.8) is 0 Å². The van der Waals surface area contributed by atoms with E-state index in [1.54, 1.807) is 0 Å². The van der Waals surface area contributed by atoms with Crippen LogP contribution in [0.2, 0.25) is 0 Å². The molecule has 0 radical (unpaired) electrons. The Kier molecular flexibility index (Phi) is 4.07. The molecule has 0 amide bonds. The number of benzene rings is 1. The lowest BCUT2D eigenvalue weighted by atomic mass is 9.90. The highest BCUT2D eigenvalue weighted by Crippen LogP contribution is 2.31. The third-order valence-electron chi connectivity index (χ3n) is 4.59. The van der Waals surface area contributed by atoms with E-state index in [0.29, 0.717) is 12.0 Å². The number of para-hydroxylation sites is 1. The van der Waals surface area contributed by atoms with Crippen LogP contribution in [0.3, 0.4) is 0 Å². The van der Waals surface area contributed by atoms with Crippen molar-refractivity contribution in [3.05, 3.63) is 47.7 Å². The van der Waals surface area contributed by atoms with Crippen molar-refractivity contribution in [1.82, 2.24) is 4.57 Å². The largest absolute Gasteiger partial charge is 0.466 e. The minimum atomic E-state index is -0.342. The van der Waals surface area contributed by atoms with Gasteiger partial charge in [-0.05, 0) is 24.5 Å². The lowest BCUT2D eigenvalue weighted by Crippen LogP contribution is -2.23. The van der Waals surface area contributed by atoms with Gasteiger partial charge in [0.15, 0.2) is 0 Å². The molecule has 0 aliphatic carbocycles. The molecule has 2 heterocycles. The number of aryl methyl sites for hydroxylation is 1. The monoisotopic (exact) mass is 310 g/mol. The second kappa shape index (κ2) is 6.03. The maximum Gasteiger partial charge on any atom is 0.333 e. The van der Waals surface area contributed by atoms with Gasteiger partial charge in [-0.3, -0.25) is 4.99 Å². The number of nitrogens with zero attached hydrogens (tertiary/aromatic N) is 2. The highest BCUT2D eigenvalue weighted by molar-refractivity contribution is 6.08. The van der Waals surface area contributed by atoms with Gasteiger partial charge >= 0.3 is 5.97 Å². The van der Waals surface area contributed by atoms with Crippen LogP contribution in [-0.2, 0) is 23.0 Å². The highest BCUT2D eigenvalue weighted by atomic mass is 16.5. The molecule has 4 heteroatoms. The zero-order chi connectivity index (χ0) is 16.6. The van der Waals surface area contributed by atoms with Gasteiger partial charge in [0.2, 0.25) is 0 Å². The van der Waals surface area contributed by atoms with Crippen LogP contribution in [0.1, 0.15) is 24.6 Å². The van der Waals surface area contributed by atoms with Crippen LogP contribution in [0, 0.1) is 5.92 Å². The lowest BCUT2D eigenvalue weighted by molar-refractivity contribution is -0.136. The zero-order valence-electron chi connectivity index (χ0n) is 13.9. The highest BCUT2D eigenvalue weighted by Gasteiger charge is 2.26. The fourth-order valence-corrected chi connectivity index (χ4v) is 3.50. The molecule has 1 aliphatic heterocycles. The minimum absolute atomic E-state index is 0.128. The smallest absolute Gasteiger partial charge is 0.333 e. The van der Waals surface area contributed by atoms with Crippen molar-refractivity contribution >= 4 is 22.6 Å². The Bertz CT molecular complexity index is 814. The van der Waals surface area contributed by atoms with Crippen LogP contribution < -0.4 is 0 Å². The SMILES string of the molecule is C=C(CC(C)C1=NCCc2c1n(C)c1ccccc21)C(=O)OC. The van der Waals surface area contributed by atoms with Crippen molar-refractivity contribution in [1.29, 1.82) is 0 Å². The van der Waals surface area contributed by atoms with Crippen molar-refractivity contribution in [2.24, 2.45) is 18.0 Å². The minimum Gasteiger partial charge on any atom is -0.466 e. The number of carbonyl (C=O) groups excluding carboxylic acids is 1. The number of methoxy groups -OCH3 is 1. The molecular weight excluding hydrogens is 288 g/mol. The molecule has 1 unspecified atom stereocenters. The quantitative estimate of drug-likeness (QED) is 0.642. The maximum atomic E-state index is 11.6. The van der Waals surface area contributed by atoms with Gasteiger partial charge in [-0.2, -0.15) is 0 Å². The van der Waals surface area contributed by atoms with Gasteiger partial charge in [0.05, 0.1) is 18.5 Å². The summed E-state index contributed by atoms with van der Waals surface area (Å²) in [5.74, 6) is -0.214. The molecule has 0 bridgehead atoms. The van der Waals surface area contributed by atoms with Gasteiger partial charge < -0.3 is 9.30 Å². The normalized spacial score (nSPS) is 15.0. The predicted molar refractivity (Wildman–Crippen MR) is 93.0 cm³/mol. The number of aromatic nitrogens is 1. The van der Waals surface area contributed by atoms with Gasteiger partial charge in [-0.25, -0.2) is 4.79 Å². The Morgan fingerprint density at radius 2 is 2.17 bits per heavy atom. The molecule has 120 valence electrons. The molecule has 0 N–H and O–H groups in total. The van der Waals surface area contributed by atoms with Crippen LogP contribution in [0.5, 0.6) is 0 Å². The van der Waals surface area contributed by atoms with E-state index in [-0.39, 0.29) is 11.9 Å². The molecule has 4 nitrogen and oxygen atoms in total. The third-order valence-corrected chi connectivity index (χ3v) is 4.59. The van der Waals surface area contributed by atoms with Crippen LogP contribution in [0.15, 0.2) is 41.4 Å². The van der Waals surface area contributed by atoms with E-state index in [0.717, 1.165) is 18.7 Å². The van der Waals surface area contributed by atoms with Crippen LogP contribution in [0.25, 0.3) is 10.9 Å². The maximum absolute atomic E-state index is 11.6. The molecule has 1 aromatic carbocycles. The average Bonchev–Trinajstić information content (AvgIpc) is 2.87. The van der Waals surface area contributed by atoms with Crippen LogP contribution >= 0.6 is 0 Å². The number of fused-ring (bicyclic) bond motifs is 3. The first kappa shape index (κ1) is 15.5. The molecule has 1 atom stereocenters. The van der Waals surface area contributed by atoms with E-state index in [2.05, 4.69) is 49.4 Å². The standard InChI is InChI=1S/C19H22N2O2/c1-12(11-13(2)19(22)23-4)17-18-15(9-10-20-17)14-7-5-6-8-16(14)21(18)3/h5-8,12H,2,9-11H2,1,3-4H3. The number of hydrogen-bond donors (Lipinski definition) is 0. The van der Waals surface area contributed by atoms with E-state index >= 15 is 0 Å². The molecule has 0 spiro atoms. The van der Waals surface area contributed by atoms with E-state index in [9.17, 15) is 4.79 Å². The van der Waals surface area contributed by atoms with Gasteiger partial charge in [-0.1, -0.05) is 31.7 Å². The van der Waals surface area contributed by atoms with E-state index in [1.165, 1.54) is 29.3 Å². The summed E-state index contributed by atoms with van der Waals surface area (Å²) in [5, 5.41) is 1.30. The molecule has 0 saturated carbocycles. The second-order valence-corrected chi connectivity index (χ2v) is 6.12. The Labute approximate surface area is 136 Å². The first-order chi connectivity index (χ1) is 11.0. The van der Waals surface area contributed by atoms with Crippen molar-refractivity contribution in [3.8, 4) is 0 Å². The molecule has 1 aliphatic rings. The van der Waals surface area contributed by atoms with Crippen molar-refractivity contribution < 1.29 is 9.53 Å². The van der Waals surface area contributed by atoms with Gasteiger partial charge in [0.1, 0.15) is 0 Å². The van der Waals surface area contributed by atoms with Gasteiger partial charge in [-0.15, -0.1) is 0 Å². The topological polar surface area (TPSA) is 43.6 Å². The molecule has 1 aromatic heterocycles. The number of aliphatic imine (C=N–C) groups is 1. The summed E-state index contributed by atoms with van der Waals surface area (Å²) in [6.07, 6.45) is 1.53. The molecule has 0 saturated heterocycles.